The van der Waals surface area contributed by atoms with E-state index in [1.165, 1.54) is 252 Å². The Morgan fingerprint density at radius 2 is 0.658 bits per heavy atom. The number of fused-ring (bicyclic) bond motifs is 7. The lowest BCUT2D eigenvalue weighted by Crippen LogP contribution is -2.41. The first kappa shape index (κ1) is 96.2. The van der Waals surface area contributed by atoms with Gasteiger partial charge in [-0.1, -0.05) is 246 Å². The van der Waals surface area contributed by atoms with Gasteiger partial charge in [0.1, 0.15) is 34.5 Å². The smallest absolute Gasteiger partial charge is 0.205 e. The number of aromatic hydroxyl groups is 2. The molecule has 10 heteroatoms. The molecule has 15 unspecified atom stereocenters. The van der Waals surface area contributed by atoms with Gasteiger partial charge in [-0.25, -0.2) is 0 Å². The fourth-order valence-electron chi connectivity index (χ4n) is 21.1. The van der Waals surface area contributed by atoms with Crippen molar-refractivity contribution in [3.8, 4) is 34.5 Å². The van der Waals surface area contributed by atoms with Gasteiger partial charge in [0.25, 0.3) is 0 Å². The Labute approximate surface area is 730 Å². The zero-order chi connectivity index (χ0) is 85.4. The molecule has 10 nitrogen and oxygen atoms in total. The number of phenols is 2. The van der Waals surface area contributed by atoms with E-state index in [-0.39, 0.29) is 36.0 Å². The van der Waals surface area contributed by atoms with Crippen LogP contribution in [0.1, 0.15) is 404 Å². The molecule has 15 rings (SSSR count). The van der Waals surface area contributed by atoms with Crippen molar-refractivity contribution in [1.29, 1.82) is 0 Å². The minimum Gasteiger partial charge on any atom is -0.508 e. The fourth-order valence-corrected chi connectivity index (χ4v) is 21.1. The Morgan fingerprint density at radius 1 is 0.325 bits per heavy atom. The predicted molar refractivity (Wildman–Crippen MR) is 498 cm³/mol. The number of ether oxygens (including phenoxy) is 8. The molecule has 120 heavy (non-hydrogen) atoms. The standard InChI is InChI=1S/C25H38O2.C25H40O2.C22H32O2.C18H28O2.2C10H14O/c1-3-19(2)22-9-11-23(12-10-22)27-24(25-15-13-20(17-25)14-16-25)26-18-21-7-5-4-6-8-21;1-4-20(2)22-13-15-23(16-14-22)27-24(25(3)17-9-6-10-18-25)26-19-21-11-7-5-8-12-21;1-4-14(2)16-8-10-18(11-9-16)23-15(3)24-22-13-17-12-21(22)20-7-5-6-19(17)20;1-4-14(2)16-10-12-18(13-11-16)20-15(3)19-17-8-6-5-7-9-17;2*1-3-8(2)9-4-6-10(11)7-5-9/h9-12,19-21,24H,3-8,13-18H2,1-2H3;13-16,20-21,24H,4-12,17-19H2,1-3H3;8-11,14-15,17,19-22H,4-7,12-13H2,1-3H3;10-15,17H,4-9H2,1-3H3;2*4-8,11H,3H2,1-2H3. The minimum atomic E-state index is -0.160. The molecule has 0 saturated heterocycles. The van der Waals surface area contributed by atoms with E-state index in [0.29, 0.717) is 59.2 Å². The van der Waals surface area contributed by atoms with E-state index in [9.17, 15) is 0 Å². The van der Waals surface area contributed by atoms with Gasteiger partial charge in [0.15, 0.2) is 12.6 Å². The van der Waals surface area contributed by atoms with Crippen molar-refractivity contribution in [2.45, 2.75) is 408 Å². The molecule has 6 aromatic rings. The molecule has 9 aliphatic carbocycles. The molecule has 0 heterocycles. The summed E-state index contributed by atoms with van der Waals surface area (Å²) in [5, 5.41) is 18.0. The zero-order valence-electron chi connectivity index (χ0n) is 77.9. The molecular formula is C110H166O10. The van der Waals surface area contributed by atoms with Gasteiger partial charge in [0, 0.05) is 10.8 Å². The first-order valence-electron chi connectivity index (χ1n) is 49.3. The van der Waals surface area contributed by atoms with Crippen molar-refractivity contribution in [3.05, 3.63) is 179 Å². The third kappa shape index (κ3) is 29.3. The van der Waals surface area contributed by atoms with Crippen LogP contribution in [0.3, 0.4) is 0 Å². The van der Waals surface area contributed by atoms with Crippen molar-refractivity contribution in [3.63, 3.8) is 0 Å². The van der Waals surface area contributed by atoms with Gasteiger partial charge < -0.3 is 48.1 Å². The van der Waals surface area contributed by atoms with Crippen LogP contribution in [0, 0.1) is 52.3 Å². The lowest BCUT2D eigenvalue weighted by molar-refractivity contribution is -0.171. The summed E-state index contributed by atoms with van der Waals surface area (Å²) in [4.78, 5) is 0. The molecule has 0 amide bonds. The highest BCUT2D eigenvalue weighted by molar-refractivity contribution is 5.34. The Bertz CT molecular complexity index is 3660. The van der Waals surface area contributed by atoms with E-state index in [4.69, 9.17) is 48.1 Å². The highest BCUT2D eigenvalue weighted by Crippen LogP contribution is 2.60. The second-order valence-electron chi connectivity index (χ2n) is 39.2. The van der Waals surface area contributed by atoms with Crippen LogP contribution in [0.2, 0.25) is 0 Å². The fraction of sp³-hybridized carbons (Fsp3) is 0.673. The van der Waals surface area contributed by atoms with Gasteiger partial charge in [0.05, 0.1) is 25.4 Å². The number of rotatable bonds is 32. The van der Waals surface area contributed by atoms with Crippen molar-refractivity contribution < 1.29 is 48.1 Å². The van der Waals surface area contributed by atoms with Gasteiger partial charge in [-0.3, -0.25) is 0 Å². The first-order chi connectivity index (χ1) is 58.1. The van der Waals surface area contributed by atoms with Crippen molar-refractivity contribution in [2.24, 2.45) is 52.3 Å². The average molecular weight is 1650 g/mol. The molecule has 9 aliphatic rings. The summed E-state index contributed by atoms with van der Waals surface area (Å²) >= 11 is 0. The normalized spacial score (nSPS) is 24.9. The summed E-state index contributed by atoms with van der Waals surface area (Å²) in [6.07, 6.45) is 47.3. The summed E-state index contributed by atoms with van der Waals surface area (Å²) in [5.74, 6) is 14.2. The van der Waals surface area contributed by atoms with E-state index in [1.807, 2.05) is 31.2 Å². The molecule has 666 valence electrons. The highest BCUT2D eigenvalue weighted by atomic mass is 16.7. The highest BCUT2D eigenvalue weighted by Gasteiger charge is 2.55. The summed E-state index contributed by atoms with van der Waals surface area (Å²) in [6, 6.07) is 49.4. The largest absolute Gasteiger partial charge is 0.508 e. The Kier molecular flexibility index (Phi) is 39.8. The van der Waals surface area contributed by atoms with Crippen molar-refractivity contribution in [1.82, 2.24) is 0 Å². The lowest BCUT2D eigenvalue weighted by atomic mass is 9.75. The predicted octanol–water partition coefficient (Wildman–Crippen LogP) is 31.4. The second-order valence-corrected chi connectivity index (χ2v) is 39.2. The van der Waals surface area contributed by atoms with E-state index in [1.54, 1.807) is 24.3 Å². The van der Waals surface area contributed by atoms with Crippen LogP contribution in [-0.2, 0) is 18.9 Å². The van der Waals surface area contributed by atoms with Gasteiger partial charge >= 0.3 is 0 Å². The van der Waals surface area contributed by atoms with Crippen LogP contribution in [0.15, 0.2) is 146 Å². The maximum Gasteiger partial charge on any atom is 0.205 e. The van der Waals surface area contributed by atoms with Crippen LogP contribution < -0.4 is 18.9 Å². The molecule has 15 atom stereocenters. The van der Waals surface area contributed by atoms with Crippen molar-refractivity contribution in [2.75, 3.05) is 13.2 Å². The molecule has 9 fully saturated rings. The number of hydrogen-bond acceptors (Lipinski definition) is 10. The molecule has 0 spiro atoms. The van der Waals surface area contributed by atoms with Crippen molar-refractivity contribution >= 4 is 0 Å². The van der Waals surface area contributed by atoms with Crippen LogP contribution >= 0.6 is 0 Å². The summed E-state index contributed by atoms with van der Waals surface area (Å²) < 4.78 is 50.3. The Balaban J connectivity index is 0.000000156. The third-order valence-electron chi connectivity index (χ3n) is 30.4. The van der Waals surface area contributed by atoms with E-state index >= 15 is 0 Å². The van der Waals surface area contributed by atoms with E-state index in [0.717, 1.165) is 90.5 Å². The number of phenolic OH excluding ortho intramolecular Hbond substituents is 2. The molecule has 6 aromatic carbocycles. The summed E-state index contributed by atoms with van der Waals surface area (Å²) in [6.45, 7) is 34.9. The quantitative estimate of drug-likeness (QED) is 0.0396. The second kappa shape index (κ2) is 49.6. The maximum absolute atomic E-state index is 9.01. The molecule has 2 N–H and O–H groups in total. The van der Waals surface area contributed by atoms with Crippen LogP contribution in [0.4, 0.5) is 0 Å². The minimum absolute atomic E-state index is 0.0543. The SMILES string of the molecule is CCC(C)c1ccc(O)cc1.CCC(C)c1ccc(O)cc1.CCC(C)c1ccc(OC(C)OC2CC3CC2C2CCCC32)cc1.CCC(C)c1ccc(OC(C)OC2CCCCC2)cc1.CCC(C)c1ccc(OC(OCC2CCCCC2)C2(C)CCCCC2)cc1.CCC(C)c1ccc(OC(OCC2CCCCC2)C23CCC(CC2)C3)cc1. The number of hydrogen-bond donors (Lipinski definition) is 2. The van der Waals surface area contributed by atoms with Crippen LogP contribution in [-0.4, -0.2) is 60.8 Å². The lowest BCUT2D eigenvalue weighted by Gasteiger charge is -2.40. The summed E-state index contributed by atoms with van der Waals surface area (Å²) in [5.41, 5.74) is 8.57. The molecular weight excluding hydrogens is 1480 g/mol. The van der Waals surface area contributed by atoms with Gasteiger partial charge in [-0.15, -0.1) is 0 Å². The molecule has 9 saturated carbocycles. The van der Waals surface area contributed by atoms with Gasteiger partial charge in [-0.05, 0) is 345 Å². The van der Waals surface area contributed by atoms with Crippen LogP contribution in [0.5, 0.6) is 34.5 Å². The molecule has 0 aliphatic heterocycles. The number of benzene rings is 6. The monoisotopic (exact) mass is 1650 g/mol. The summed E-state index contributed by atoms with van der Waals surface area (Å²) in [7, 11) is 0. The topological polar surface area (TPSA) is 114 Å². The zero-order valence-corrected chi connectivity index (χ0v) is 77.9. The van der Waals surface area contributed by atoms with Crippen LogP contribution in [0.25, 0.3) is 0 Å². The van der Waals surface area contributed by atoms with E-state index in [2.05, 4.69) is 194 Å². The third-order valence-corrected chi connectivity index (χ3v) is 30.4. The molecule has 0 radical (unpaired) electrons. The average Bonchev–Trinajstić information content (AvgIpc) is 1.56. The maximum atomic E-state index is 9.01. The molecule has 0 aromatic heterocycles. The Hall–Kier alpha value is -6.04. The molecule has 4 bridgehead atoms. The Morgan fingerprint density at radius 3 is 1.03 bits per heavy atom. The first-order valence-corrected chi connectivity index (χ1v) is 49.3. The van der Waals surface area contributed by atoms with Gasteiger partial charge in [-0.2, -0.15) is 0 Å². The van der Waals surface area contributed by atoms with Gasteiger partial charge in [0.2, 0.25) is 12.6 Å². The van der Waals surface area contributed by atoms with E-state index < -0.39 is 0 Å².